The van der Waals surface area contributed by atoms with Crippen molar-refractivity contribution in [2.45, 2.75) is 44.4 Å². The quantitative estimate of drug-likeness (QED) is 0.531. The second kappa shape index (κ2) is 9.86. The van der Waals surface area contributed by atoms with Crippen LogP contribution in [0.3, 0.4) is 0 Å². The number of carboxylic acids is 2. The van der Waals surface area contributed by atoms with Crippen LogP contribution < -0.4 is 5.32 Å². The fourth-order valence-electron chi connectivity index (χ4n) is 2.82. The van der Waals surface area contributed by atoms with Crippen LogP contribution in [0.15, 0.2) is 24.3 Å². The van der Waals surface area contributed by atoms with Gasteiger partial charge in [0.15, 0.2) is 0 Å². The van der Waals surface area contributed by atoms with Gasteiger partial charge in [0, 0.05) is 23.4 Å². The van der Waals surface area contributed by atoms with Crippen molar-refractivity contribution < 1.29 is 34.1 Å². The maximum absolute atomic E-state index is 12.2. The largest absolute Gasteiger partial charge is 0.480 e. The normalized spacial score (nSPS) is 23.0. The zero-order valence-electron chi connectivity index (χ0n) is 15.5. The molecule has 0 aromatic heterocycles. The predicted molar refractivity (Wildman–Crippen MR) is 100 cm³/mol. The molecule has 1 saturated heterocycles. The standard InChI is InChI=1S/C19H24ClNO7/c1-19(18(25)26)27-10-12(11-28-19)4-2-3-5-15(17(23)24)21-16(22)13-6-8-14(20)9-7-13/h6-9,12,15H,2-5,10-11H2,1H3,(H,21,22)(H,23,24)(H,25,26)/t12-,15?,19+. The van der Waals surface area contributed by atoms with Crippen LogP contribution in [0.25, 0.3) is 0 Å². The van der Waals surface area contributed by atoms with E-state index in [1.807, 2.05) is 0 Å². The number of aliphatic carboxylic acids is 2. The van der Waals surface area contributed by atoms with Crippen molar-refractivity contribution in [3.63, 3.8) is 0 Å². The Morgan fingerprint density at radius 1 is 1.18 bits per heavy atom. The molecule has 0 saturated carbocycles. The molecule has 0 spiro atoms. The van der Waals surface area contributed by atoms with Crippen molar-refractivity contribution >= 4 is 29.4 Å². The van der Waals surface area contributed by atoms with Gasteiger partial charge in [-0.1, -0.05) is 24.4 Å². The second-order valence-corrected chi connectivity index (χ2v) is 7.33. The lowest BCUT2D eigenvalue weighted by atomic mass is 10.00. The molecule has 1 aromatic rings. The minimum atomic E-state index is -1.60. The van der Waals surface area contributed by atoms with Gasteiger partial charge in [-0.3, -0.25) is 4.79 Å². The zero-order valence-corrected chi connectivity index (χ0v) is 16.3. The first-order chi connectivity index (χ1) is 13.2. The number of nitrogens with one attached hydrogen (secondary N) is 1. The van der Waals surface area contributed by atoms with E-state index in [1.165, 1.54) is 19.1 Å². The number of rotatable bonds is 9. The molecule has 28 heavy (non-hydrogen) atoms. The maximum Gasteiger partial charge on any atom is 0.364 e. The van der Waals surface area contributed by atoms with Crippen LogP contribution in [0, 0.1) is 5.92 Å². The Morgan fingerprint density at radius 3 is 2.32 bits per heavy atom. The number of hydrogen-bond donors (Lipinski definition) is 3. The highest BCUT2D eigenvalue weighted by Crippen LogP contribution is 2.24. The molecule has 9 heteroatoms. The van der Waals surface area contributed by atoms with Crippen LogP contribution in [0.1, 0.15) is 43.0 Å². The van der Waals surface area contributed by atoms with Gasteiger partial charge in [0.1, 0.15) is 6.04 Å². The fraction of sp³-hybridized carbons (Fsp3) is 0.526. The van der Waals surface area contributed by atoms with Gasteiger partial charge in [-0.2, -0.15) is 0 Å². The van der Waals surface area contributed by atoms with Crippen LogP contribution in [0.5, 0.6) is 0 Å². The molecule has 0 radical (unpaired) electrons. The molecular weight excluding hydrogens is 390 g/mol. The third kappa shape index (κ3) is 6.19. The molecule has 3 N–H and O–H groups in total. The van der Waals surface area contributed by atoms with E-state index in [2.05, 4.69) is 5.32 Å². The summed E-state index contributed by atoms with van der Waals surface area (Å²) in [6.45, 7) is 1.92. The first kappa shape index (κ1) is 22.1. The minimum absolute atomic E-state index is 0.0550. The highest BCUT2D eigenvalue weighted by molar-refractivity contribution is 6.30. The lowest BCUT2D eigenvalue weighted by molar-refractivity contribution is -0.271. The van der Waals surface area contributed by atoms with Crippen LogP contribution in [0.2, 0.25) is 5.02 Å². The van der Waals surface area contributed by atoms with Crippen molar-refractivity contribution in [1.82, 2.24) is 5.32 Å². The van der Waals surface area contributed by atoms with Crippen LogP contribution in [-0.2, 0) is 19.1 Å². The summed E-state index contributed by atoms with van der Waals surface area (Å²) >= 11 is 5.78. The fourth-order valence-corrected chi connectivity index (χ4v) is 2.94. The number of carbonyl (C=O) groups is 3. The van der Waals surface area contributed by atoms with Crippen molar-refractivity contribution in [1.29, 1.82) is 0 Å². The van der Waals surface area contributed by atoms with E-state index in [0.29, 0.717) is 29.8 Å². The first-order valence-corrected chi connectivity index (χ1v) is 9.39. The van der Waals surface area contributed by atoms with Gasteiger partial charge in [-0.25, -0.2) is 9.59 Å². The molecule has 1 aromatic carbocycles. The maximum atomic E-state index is 12.2. The number of carboxylic acid groups (broad SMARTS) is 2. The second-order valence-electron chi connectivity index (χ2n) is 6.89. The molecule has 1 aliphatic heterocycles. The van der Waals surface area contributed by atoms with Gasteiger partial charge in [-0.05, 0) is 37.1 Å². The third-order valence-electron chi connectivity index (χ3n) is 4.64. The van der Waals surface area contributed by atoms with Gasteiger partial charge >= 0.3 is 11.9 Å². The first-order valence-electron chi connectivity index (χ1n) is 9.02. The van der Waals surface area contributed by atoms with Gasteiger partial charge in [-0.15, -0.1) is 0 Å². The lowest BCUT2D eigenvalue weighted by Gasteiger charge is -2.34. The summed E-state index contributed by atoms with van der Waals surface area (Å²) in [5, 5.41) is 21.4. The van der Waals surface area contributed by atoms with Gasteiger partial charge in [0.25, 0.3) is 11.7 Å². The average molecular weight is 414 g/mol. The Hall–Kier alpha value is -2.16. The van der Waals surface area contributed by atoms with E-state index >= 15 is 0 Å². The number of carbonyl (C=O) groups excluding carboxylic acids is 1. The molecule has 1 unspecified atom stereocenters. The molecule has 154 valence electrons. The molecule has 1 aliphatic rings. The molecule has 8 nitrogen and oxygen atoms in total. The summed E-state index contributed by atoms with van der Waals surface area (Å²) in [6.07, 6.45) is 2.30. The van der Waals surface area contributed by atoms with E-state index < -0.39 is 29.7 Å². The number of halogens is 1. The van der Waals surface area contributed by atoms with Crippen LogP contribution in [0.4, 0.5) is 0 Å². The summed E-state index contributed by atoms with van der Waals surface area (Å²) in [7, 11) is 0. The smallest absolute Gasteiger partial charge is 0.364 e. The molecule has 1 heterocycles. The summed E-state index contributed by atoms with van der Waals surface area (Å²) in [5.74, 6) is -4.27. The monoisotopic (exact) mass is 413 g/mol. The number of benzene rings is 1. The van der Waals surface area contributed by atoms with Crippen molar-refractivity contribution in [2.24, 2.45) is 5.92 Å². The Balaban J connectivity index is 1.73. The van der Waals surface area contributed by atoms with Crippen molar-refractivity contribution in [3.05, 3.63) is 34.9 Å². The van der Waals surface area contributed by atoms with Crippen molar-refractivity contribution in [2.75, 3.05) is 13.2 Å². The Bertz CT molecular complexity index is 699. The van der Waals surface area contributed by atoms with Crippen LogP contribution in [-0.4, -0.2) is 53.1 Å². The average Bonchev–Trinajstić information content (AvgIpc) is 2.65. The van der Waals surface area contributed by atoms with E-state index in [9.17, 15) is 19.5 Å². The van der Waals surface area contributed by atoms with Gasteiger partial charge in [0.2, 0.25) is 0 Å². The van der Waals surface area contributed by atoms with E-state index in [1.54, 1.807) is 12.1 Å². The summed E-state index contributed by atoms with van der Waals surface area (Å²) in [4.78, 5) is 34.6. The molecule has 1 atom stereocenters. The summed E-state index contributed by atoms with van der Waals surface area (Å²) < 4.78 is 10.6. The van der Waals surface area contributed by atoms with E-state index in [0.717, 1.165) is 0 Å². The number of hydrogen-bond acceptors (Lipinski definition) is 5. The molecule has 0 aliphatic carbocycles. The lowest BCUT2D eigenvalue weighted by Crippen LogP contribution is -2.47. The topological polar surface area (TPSA) is 122 Å². The van der Waals surface area contributed by atoms with Crippen molar-refractivity contribution in [3.8, 4) is 0 Å². The Morgan fingerprint density at radius 2 is 1.79 bits per heavy atom. The number of amides is 1. The number of ether oxygens (including phenoxy) is 2. The third-order valence-corrected chi connectivity index (χ3v) is 4.89. The molecule has 2 rings (SSSR count). The Labute approximate surface area is 167 Å². The predicted octanol–water partition coefficient (Wildman–Crippen LogP) is 2.55. The molecule has 1 fully saturated rings. The minimum Gasteiger partial charge on any atom is -0.480 e. The molecule has 0 bridgehead atoms. The van der Waals surface area contributed by atoms with E-state index in [-0.39, 0.29) is 25.6 Å². The number of unbranched alkanes of at least 4 members (excludes halogenated alkanes) is 1. The highest BCUT2D eigenvalue weighted by Gasteiger charge is 2.40. The van der Waals surface area contributed by atoms with Gasteiger partial charge < -0.3 is 25.0 Å². The Kier molecular flexibility index (Phi) is 7.79. The summed E-state index contributed by atoms with van der Waals surface area (Å²) in [6, 6.07) is 5.21. The zero-order chi connectivity index (χ0) is 20.7. The SMILES string of the molecule is C[C@]1(C(=O)O)OC[C@@H](CCCCC(NC(=O)c2ccc(Cl)cc2)C(=O)O)CO1. The molecular formula is C19H24ClNO7. The van der Waals surface area contributed by atoms with Gasteiger partial charge in [0.05, 0.1) is 13.2 Å². The highest BCUT2D eigenvalue weighted by atomic mass is 35.5. The van der Waals surface area contributed by atoms with Crippen LogP contribution >= 0.6 is 11.6 Å². The molecule has 1 amide bonds. The summed E-state index contributed by atoms with van der Waals surface area (Å²) in [5.41, 5.74) is 0.341. The van der Waals surface area contributed by atoms with E-state index in [4.69, 9.17) is 26.2 Å².